The summed E-state index contributed by atoms with van der Waals surface area (Å²) in [4.78, 5) is 30.1. The van der Waals surface area contributed by atoms with Crippen molar-refractivity contribution in [2.24, 2.45) is 0 Å². The zero-order valence-corrected chi connectivity index (χ0v) is 18.5. The zero-order valence-electron chi connectivity index (χ0n) is 16.9. The predicted octanol–water partition coefficient (Wildman–Crippen LogP) is 3.02. The largest absolute Gasteiger partial charge is 0.495 e. The maximum Gasteiger partial charge on any atom is 0.280 e. The van der Waals surface area contributed by atoms with Crippen molar-refractivity contribution in [3.8, 4) is 5.75 Å². The Labute approximate surface area is 189 Å². The molecule has 4 rings (SSSR count). The molecule has 164 valence electrons. The summed E-state index contributed by atoms with van der Waals surface area (Å²) in [6.07, 6.45) is 1.44. The van der Waals surface area contributed by atoms with Crippen molar-refractivity contribution in [1.29, 1.82) is 0 Å². The summed E-state index contributed by atoms with van der Waals surface area (Å²) in [6, 6.07) is 14.4. The van der Waals surface area contributed by atoms with Crippen LogP contribution in [-0.4, -0.2) is 37.2 Å². The molecule has 3 aromatic rings. The highest BCUT2D eigenvalue weighted by atomic mass is 35.5. The van der Waals surface area contributed by atoms with Gasteiger partial charge in [0, 0.05) is 17.8 Å². The molecule has 32 heavy (non-hydrogen) atoms. The Bertz CT molecular complexity index is 1270. The summed E-state index contributed by atoms with van der Waals surface area (Å²) < 4.78 is 33.7. The first-order valence-corrected chi connectivity index (χ1v) is 11.4. The van der Waals surface area contributed by atoms with Crippen LogP contribution in [0, 0.1) is 0 Å². The average Bonchev–Trinajstić information content (AvgIpc) is 3.04. The fraction of sp³-hybridized carbons (Fsp3) is 0.136. The highest BCUT2D eigenvalue weighted by Gasteiger charge is 2.36. The van der Waals surface area contributed by atoms with Gasteiger partial charge in [-0.05, 0) is 47.5 Å². The molecule has 8 nitrogen and oxygen atoms in total. The number of ether oxygens (including phenoxy) is 1. The minimum absolute atomic E-state index is 0.0525. The second-order valence-electron chi connectivity index (χ2n) is 7.03. The topological polar surface area (TPSA) is 106 Å². The average molecular weight is 472 g/mol. The quantitative estimate of drug-likeness (QED) is 0.531. The number of aromatic nitrogens is 1. The predicted molar refractivity (Wildman–Crippen MR) is 117 cm³/mol. The summed E-state index contributed by atoms with van der Waals surface area (Å²) in [5, 5.41) is 0.550. The van der Waals surface area contributed by atoms with E-state index in [0.29, 0.717) is 10.6 Å². The number of carbonyl (C=O) groups is 2. The maximum atomic E-state index is 13.0. The van der Waals surface area contributed by atoms with Crippen LogP contribution >= 0.6 is 11.6 Å². The van der Waals surface area contributed by atoms with Crippen LogP contribution in [0.15, 0.2) is 65.7 Å². The van der Waals surface area contributed by atoms with E-state index in [-0.39, 0.29) is 35.0 Å². The van der Waals surface area contributed by atoms with Crippen molar-refractivity contribution < 1.29 is 22.7 Å². The number of benzene rings is 2. The van der Waals surface area contributed by atoms with Gasteiger partial charge in [-0.2, -0.15) is 0 Å². The van der Waals surface area contributed by atoms with E-state index in [1.54, 1.807) is 36.4 Å². The lowest BCUT2D eigenvalue weighted by atomic mass is 10.2. The number of hydrogen-bond donors (Lipinski definition) is 1. The number of nitrogens with zero attached hydrogens (tertiary/aromatic N) is 2. The monoisotopic (exact) mass is 471 g/mol. The van der Waals surface area contributed by atoms with Crippen molar-refractivity contribution in [1.82, 2.24) is 14.6 Å². The Morgan fingerprint density at radius 1 is 1.03 bits per heavy atom. The molecular formula is C22H18ClN3O5S. The number of carbonyl (C=O) groups excluding carboxylic acids is 2. The second-order valence-corrected chi connectivity index (χ2v) is 9.20. The Morgan fingerprint density at radius 2 is 1.75 bits per heavy atom. The van der Waals surface area contributed by atoms with Crippen LogP contribution in [0.4, 0.5) is 0 Å². The van der Waals surface area contributed by atoms with E-state index in [1.807, 2.05) is 0 Å². The number of nitrogens with one attached hydrogen (secondary N) is 1. The molecule has 1 aliphatic rings. The van der Waals surface area contributed by atoms with E-state index >= 15 is 0 Å². The Morgan fingerprint density at radius 3 is 2.44 bits per heavy atom. The lowest BCUT2D eigenvalue weighted by Gasteiger charge is -2.16. The number of hydrogen-bond acceptors (Lipinski definition) is 6. The molecule has 0 spiro atoms. The maximum absolute atomic E-state index is 13.0. The highest BCUT2D eigenvalue weighted by molar-refractivity contribution is 7.89. The third-order valence-electron chi connectivity index (χ3n) is 4.97. The van der Waals surface area contributed by atoms with Crippen molar-refractivity contribution in [3.05, 3.63) is 88.2 Å². The molecule has 0 atom stereocenters. The number of fused-ring (bicyclic) bond motifs is 1. The van der Waals surface area contributed by atoms with Gasteiger partial charge in [0.1, 0.15) is 16.3 Å². The van der Waals surface area contributed by atoms with Gasteiger partial charge < -0.3 is 4.74 Å². The number of rotatable bonds is 7. The van der Waals surface area contributed by atoms with Gasteiger partial charge in [-0.1, -0.05) is 29.8 Å². The number of imide groups is 1. The van der Waals surface area contributed by atoms with Gasteiger partial charge in [-0.25, -0.2) is 13.1 Å². The number of amides is 2. The third kappa shape index (κ3) is 4.22. The molecule has 10 heteroatoms. The lowest BCUT2D eigenvalue weighted by molar-refractivity contribution is 0.0640. The van der Waals surface area contributed by atoms with E-state index in [1.165, 1.54) is 31.5 Å². The minimum Gasteiger partial charge on any atom is -0.495 e. The summed E-state index contributed by atoms with van der Waals surface area (Å²) in [7, 11) is -2.59. The van der Waals surface area contributed by atoms with Crippen molar-refractivity contribution >= 4 is 33.4 Å². The molecular weight excluding hydrogens is 454 g/mol. The molecule has 1 aliphatic heterocycles. The molecule has 1 aromatic heterocycles. The van der Waals surface area contributed by atoms with Crippen LogP contribution < -0.4 is 9.46 Å². The fourth-order valence-electron chi connectivity index (χ4n) is 3.33. The van der Waals surface area contributed by atoms with E-state index in [4.69, 9.17) is 16.3 Å². The van der Waals surface area contributed by atoms with Crippen molar-refractivity contribution in [2.45, 2.75) is 18.0 Å². The van der Waals surface area contributed by atoms with Crippen molar-refractivity contribution in [3.63, 3.8) is 0 Å². The van der Waals surface area contributed by atoms with Gasteiger partial charge in [0.2, 0.25) is 10.0 Å². The molecule has 0 fully saturated rings. The summed E-state index contributed by atoms with van der Waals surface area (Å²) in [5.74, 6) is -0.854. The molecule has 2 heterocycles. The van der Waals surface area contributed by atoms with Crippen LogP contribution in [0.1, 0.15) is 32.0 Å². The smallest absolute Gasteiger partial charge is 0.280 e. The van der Waals surface area contributed by atoms with Gasteiger partial charge in [0.05, 0.1) is 19.2 Å². The van der Waals surface area contributed by atoms with Crippen LogP contribution in [-0.2, 0) is 23.1 Å². The number of methoxy groups -OCH3 is 1. The SMILES string of the molecule is COc1ccc(CN2C(=O)c3cccnc3C2=O)cc1S(=O)(=O)NCc1ccc(Cl)cc1. The number of sulfonamides is 1. The van der Waals surface area contributed by atoms with Gasteiger partial charge in [0.15, 0.2) is 0 Å². The Hall–Kier alpha value is -3.27. The molecule has 2 aromatic carbocycles. The van der Waals surface area contributed by atoms with Crippen LogP contribution in [0.25, 0.3) is 0 Å². The number of halogens is 1. The highest BCUT2D eigenvalue weighted by Crippen LogP contribution is 2.28. The van der Waals surface area contributed by atoms with Gasteiger partial charge >= 0.3 is 0 Å². The molecule has 1 N–H and O–H groups in total. The van der Waals surface area contributed by atoms with Gasteiger partial charge in [-0.15, -0.1) is 0 Å². The lowest BCUT2D eigenvalue weighted by Crippen LogP contribution is -2.29. The molecule has 0 bridgehead atoms. The molecule has 0 saturated carbocycles. The molecule has 0 aliphatic carbocycles. The standard InChI is InChI=1S/C22H18ClN3O5S/c1-31-18-9-6-15(13-26-21(27)17-3-2-10-24-20(17)22(26)28)11-19(18)32(29,30)25-12-14-4-7-16(23)8-5-14/h2-11,25H,12-13H2,1H3. The Balaban J connectivity index is 1.58. The van der Waals surface area contributed by atoms with Crippen LogP contribution in [0.3, 0.4) is 0 Å². The van der Waals surface area contributed by atoms with E-state index in [0.717, 1.165) is 10.5 Å². The molecule has 0 radical (unpaired) electrons. The summed E-state index contributed by atoms with van der Waals surface area (Å²) in [6.45, 7) is -0.0469. The van der Waals surface area contributed by atoms with E-state index < -0.39 is 21.8 Å². The second kappa shape index (κ2) is 8.70. The first kappa shape index (κ1) is 21.9. The normalized spacial score (nSPS) is 13.4. The molecule has 2 amide bonds. The molecule has 0 unspecified atom stereocenters. The van der Waals surface area contributed by atoms with E-state index in [9.17, 15) is 18.0 Å². The minimum atomic E-state index is -3.96. The Kier molecular flexibility index (Phi) is 5.96. The van der Waals surface area contributed by atoms with E-state index in [2.05, 4.69) is 9.71 Å². The fourth-order valence-corrected chi connectivity index (χ4v) is 4.69. The first-order valence-electron chi connectivity index (χ1n) is 9.52. The van der Waals surface area contributed by atoms with Crippen LogP contribution in [0.2, 0.25) is 5.02 Å². The molecule has 0 saturated heterocycles. The number of pyridine rings is 1. The third-order valence-corrected chi connectivity index (χ3v) is 6.64. The van der Waals surface area contributed by atoms with Gasteiger partial charge in [-0.3, -0.25) is 19.5 Å². The van der Waals surface area contributed by atoms with Crippen LogP contribution in [0.5, 0.6) is 5.75 Å². The first-order chi connectivity index (χ1) is 15.3. The summed E-state index contributed by atoms with van der Waals surface area (Å²) >= 11 is 5.86. The summed E-state index contributed by atoms with van der Waals surface area (Å²) in [5.41, 5.74) is 1.49. The van der Waals surface area contributed by atoms with Crippen molar-refractivity contribution in [2.75, 3.05) is 7.11 Å². The van der Waals surface area contributed by atoms with Gasteiger partial charge in [0.25, 0.3) is 11.8 Å². The zero-order chi connectivity index (χ0) is 22.9.